The predicted octanol–water partition coefficient (Wildman–Crippen LogP) is 5.76. The lowest BCUT2D eigenvalue weighted by Crippen LogP contribution is -2.19. The maximum atomic E-state index is 4.19. The summed E-state index contributed by atoms with van der Waals surface area (Å²) < 4.78 is 0. The van der Waals surface area contributed by atoms with Crippen LogP contribution in [0.4, 0.5) is 5.69 Å². The van der Waals surface area contributed by atoms with Gasteiger partial charge in [0.2, 0.25) is 0 Å². The molecule has 21 heavy (non-hydrogen) atoms. The van der Waals surface area contributed by atoms with Crippen molar-refractivity contribution < 1.29 is 0 Å². The van der Waals surface area contributed by atoms with E-state index in [4.69, 9.17) is 0 Å². The molecule has 110 valence electrons. The van der Waals surface area contributed by atoms with E-state index < -0.39 is 0 Å². The number of thioether (sulfide) groups is 1. The first-order valence-corrected chi connectivity index (χ1v) is 8.45. The molecule has 2 heteroatoms. The number of hydrogen-bond donors (Lipinski definition) is 0. The van der Waals surface area contributed by atoms with Crippen molar-refractivity contribution in [3.05, 3.63) is 59.2 Å². The lowest BCUT2D eigenvalue weighted by atomic mass is 9.75. The van der Waals surface area contributed by atoms with Crippen molar-refractivity contribution in [3.63, 3.8) is 0 Å². The van der Waals surface area contributed by atoms with Gasteiger partial charge in [-0.2, -0.15) is 0 Å². The first kappa shape index (κ1) is 14.5. The van der Waals surface area contributed by atoms with Crippen LogP contribution in [0.2, 0.25) is 0 Å². The molecule has 2 aliphatic rings. The van der Waals surface area contributed by atoms with Gasteiger partial charge in [-0.05, 0) is 49.0 Å². The van der Waals surface area contributed by atoms with Crippen LogP contribution in [-0.4, -0.2) is 6.54 Å². The fourth-order valence-electron chi connectivity index (χ4n) is 3.33. The van der Waals surface area contributed by atoms with Crippen molar-refractivity contribution in [2.75, 3.05) is 11.4 Å². The zero-order valence-electron chi connectivity index (χ0n) is 13.1. The summed E-state index contributed by atoms with van der Waals surface area (Å²) >= 11 is 1.88. The molecule has 0 spiro atoms. The predicted molar refractivity (Wildman–Crippen MR) is 93.6 cm³/mol. The highest BCUT2D eigenvalue weighted by Gasteiger charge is 2.27. The third kappa shape index (κ3) is 2.96. The first-order chi connectivity index (χ1) is 9.98. The van der Waals surface area contributed by atoms with Crippen molar-refractivity contribution in [2.45, 2.75) is 38.5 Å². The summed E-state index contributed by atoms with van der Waals surface area (Å²) in [4.78, 5) is 3.77. The van der Waals surface area contributed by atoms with Gasteiger partial charge < -0.3 is 4.90 Å². The van der Waals surface area contributed by atoms with E-state index in [0.29, 0.717) is 5.41 Å². The zero-order chi connectivity index (χ0) is 15.0. The minimum atomic E-state index is 0.325. The number of fused-ring (bicyclic) bond motifs is 1. The second-order valence-corrected chi connectivity index (χ2v) is 7.75. The van der Waals surface area contributed by atoms with Gasteiger partial charge >= 0.3 is 0 Å². The molecular weight excluding hydrogens is 274 g/mol. The van der Waals surface area contributed by atoms with Crippen molar-refractivity contribution in [1.29, 1.82) is 0 Å². The fraction of sp³-hybridized carbons (Fsp3) is 0.368. The van der Waals surface area contributed by atoms with Crippen LogP contribution < -0.4 is 4.90 Å². The molecule has 1 aliphatic carbocycles. The molecule has 3 rings (SSSR count). The summed E-state index contributed by atoms with van der Waals surface area (Å²) in [6, 6.07) is 8.66. The molecule has 1 aliphatic heterocycles. The van der Waals surface area contributed by atoms with E-state index in [1.165, 1.54) is 26.8 Å². The molecule has 0 unspecified atom stereocenters. The molecular formula is C19H23NS. The average molecular weight is 297 g/mol. The summed E-state index contributed by atoms with van der Waals surface area (Å²) in [5.74, 6) is 0. The molecule has 0 N–H and O–H groups in total. The van der Waals surface area contributed by atoms with Gasteiger partial charge in [-0.3, -0.25) is 0 Å². The summed E-state index contributed by atoms with van der Waals surface area (Å²) in [6.45, 7) is 12.1. The van der Waals surface area contributed by atoms with E-state index in [2.05, 4.69) is 68.7 Å². The van der Waals surface area contributed by atoms with E-state index >= 15 is 0 Å². The Morgan fingerprint density at radius 2 is 2.05 bits per heavy atom. The highest BCUT2D eigenvalue weighted by molar-refractivity contribution is 8.03. The minimum Gasteiger partial charge on any atom is -0.335 e. The molecule has 0 radical (unpaired) electrons. The molecule has 1 aromatic rings. The van der Waals surface area contributed by atoms with Crippen LogP contribution in [0, 0.1) is 5.41 Å². The standard InChI is InChI=1S/C19H23NS/c1-5-20-16-8-6-7-9-17(16)21-18(20)11-15-10-14(2)12-19(3,4)13-15/h6-11H,2,5,12-13H2,1,3-4H3. The van der Waals surface area contributed by atoms with Gasteiger partial charge in [0, 0.05) is 11.4 Å². The van der Waals surface area contributed by atoms with Gasteiger partial charge in [0.1, 0.15) is 0 Å². The number of rotatable bonds is 2. The quantitative estimate of drug-likeness (QED) is 0.682. The monoisotopic (exact) mass is 297 g/mol. The maximum Gasteiger partial charge on any atom is 0.0804 e. The normalized spacial score (nSPS) is 22.4. The summed E-state index contributed by atoms with van der Waals surface area (Å²) in [7, 11) is 0. The molecule has 0 saturated heterocycles. The zero-order valence-corrected chi connectivity index (χ0v) is 14.0. The molecule has 0 aromatic heterocycles. The Kier molecular flexibility index (Phi) is 3.75. The number of allylic oxidation sites excluding steroid dienone is 4. The number of anilines is 1. The Balaban J connectivity index is 1.93. The Morgan fingerprint density at radius 3 is 2.76 bits per heavy atom. The van der Waals surface area contributed by atoms with Gasteiger partial charge in [-0.1, -0.05) is 56.0 Å². The van der Waals surface area contributed by atoms with Gasteiger partial charge in [-0.15, -0.1) is 0 Å². The van der Waals surface area contributed by atoms with Crippen LogP contribution in [0.15, 0.2) is 64.1 Å². The largest absolute Gasteiger partial charge is 0.335 e. The van der Waals surface area contributed by atoms with Crippen LogP contribution in [0.5, 0.6) is 0 Å². The van der Waals surface area contributed by atoms with Crippen LogP contribution in [0.3, 0.4) is 0 Å². The molecule has 1 nitrogen and oxygen atoms in total. The number of hydrogen-bond acceptors (Lipinski definition) is 2. The van der Waals surface area contributed by atoms with E-state index in [9.17, 15) is 0 Å². The van der Waals surface area contributed by atoms with Crippen LogP contribution in [0.1, 0.15) is 33.6 Å². The number of para-hydroxylation sites is 1. The van der Waals surface area contributed by atoms with Gasteiger partial charge in [0.15, 0.2) is 0 Å². The molecule has 0 fully saturated rings. The molecule has 1 aromatic carbocycles. The minimum absolute atomic E-state index is 0.325. The molecule has 0 amide bonds. The highest BCUT2D eigenvalue weighted by atomic mass is 32.2. The van der Waals surface area contributed by atoms with E-state index in [0.717, 1.165) is 19.4 Å². The van der Waals surface area contributed by atoms with Crippen LogP contribution in [0.25, 0.3) is 0 Å². The second kappa shape index (κ2) is 5.42. The first-order valence-electron chi connectivity index (χ1n) is 7.63. The van der Waals surface area contributed by atoms with Crippen molar-refractivity contribution in [2.24, 2.45) is 5.41 Å². The molecule has 0 saturated carbocycles. The second-order valence-electron chi connectivity index (χ2n) is 6.69. The molecule has 0 bridgehead atoms. The Hall–Kier alpha value is -1.41. The van der Waals surface area contributed by atoms with Crippen LogP contribution >= 0.6 is 11.8 Å². The Morgan fingerprint density at radius 1 is 1.29 bits per heavy atom. The molecule has 1 heterocycles. The smallest absolute Gasteiger partial charge is 0.0804 e. The van der Waals surface area contributed by atoms with E-state index in [1.54, 1.807) is 0 Å². The Bertz CT molecular complexity index is 637. The topological polar surface area (TPSA) is 3.24 Å². The number of nitrogens with zero attached hydrogens (tertiary/aromatic N) is 1. The van der Waals surface area contributed by atoms with E-state index in [-0.39, 0.29) is 0 Å². The highest BCUT2D eigenvalue weighted by Crippen LogP contribution is 2.47. The van der Waals surface area contributed by atoms with Gasteiger partial charge in [0.05, 0.1) is 10.7 Å². The summed E-state index contributed by atoms with van der Waals surface area (Å²) in [6.07, 6.45) is 6.87. The maximum absolute atomic E-state index is 4.19. The van der Waals surface area contributed by atoms with Gasteiger partial charge in [0.25, 0.3) is 0 Å². The lowest BCUT2D eigenvalue weighted by molar-refractivity contribution is 0.355. The van der Waals surface area contributed by atoms with E-state index in [1.807, 2.05) is 11.8 Å². The number of benzene rings is 1. The van der Waals surface area contributed by atoms with Gasteiger partial charge in [-0.25, -0.2) is 0 Å². The van der Waals surface area contributed by atoms with Crippen molar-refractivity contribution in [3.8, 4) is 0 Å². The van der Waals surface area contributed by atoms with Crippen LogP contribution in [-0.2, 0) is 0 Å². The summed E-state index contributed by atoms with van der Waals surface area (Å²) in [5, 5.41) is 1.34. The Labute approximate surface area is 132 Å². The third-order valence-electron chi connectivity index (χ3n) is 4.04. The lowest BCUT2D eigenvalue weighted by Gasteiger charge is -2.30. The van der Waals surface area contributed by atoms with Crippen molar-refractivity contribution >= 4 is 17.4 Å². The molecule has 0 atom stereocenters. The summed E-state index contributed by atoms with van der Waals surface area (Å²) in [5.41, 5.74) is 4.32. The third-order valence-corrected chi connectivity index (χ3v) is 5.15. The average Bonchev–Trinajstić information content (AvgIpc) is 2.73. The van der Waals surface area contributed by atoms with Crippen molar-refractivity contribution in [1.82, 2.24) is 0 Å². The SMILES string of the molecule is C=C1C=C(C=C2Sc3ccccc3N2CC)CC(C)(C)C1. The fourth-order valence-corrected chi connectivity index (χ4v) is 4.53.